The number of anilines is 1. The Bertz CT molecular complexity index is 2410. The van der Waals surface area contributed by atoms with Crippen LogP contribution in [-0.2, 0) is 0 Å². The zero-order chi connectivity index (χ0) is 31.6. The molecule has 0 fully saturated rings. The van der Waals surface area contributed by atoms with Crippen molar-refractivity contribution in [2.75, 3.05) is 4.90 Å². The topological polar surface area (TPSA) is 21.1 Å². The van der Waals surface area contributed by atoms with Gasteiger partial charge in [0.15, 0.2) is 0 Å². The van der Waals surface area contributed by atoms with Crippen molar-refractivity contribution < 1.29 is 0 Å². The molecule has 4 aliphatic rings. The smallest absolute Gasteiger partial charge is 0.0730 e. The summed E-state index contributed by atoms with van der Waals surface area (Å²) in [5.74, 6) is 0.918. The summed E-state index contributed by atoms with van der Waals surface area (Å²) in [4.78, 5) is 7.84. The molecule has 4 aromatic carbocycles. The third kappa shape index (κ3) is 4.17. The highest BCUT2D eigenvalue weighted by molar-refractivity contribution is 5.87. The number of pyridine rings is 1. The standard InChI is InChI=1S/C45H33N3/c1-4-15-31(16-5-1)39-26-34(27-40(46-39)32-17-6-2-7-18-32)48-42-25-24-30-14-10-11-21-35(30)45(42)38-28-37-36-22-12-13-23-41(36)47(43(37)29-44(38)48)33-19-8-3-9-20-33/h1-30,35,38,44H. The molecule has 228 valence electrons. The summed E-state index contributed by atoms with van der Waals surface area (Å²) in [6.45, 7) is 0. The zero-order valence-corrected chi connectivity index (χ0v) is 26.4. The highest BCUT2D eigenvalue weighted by Gasteiger charge is 2.45. The minimum Gasteiger partial charge on any atom is -0.333 e. The average molecular weight is 616 g/mol. The number of para-hydroxylation sites is 2. The van der Waals surface area contributed by atoms with Gasteiger partial charge in [0, 0.05) is 56.6 Å². The Morgan fingerprint density at radius 3 is 1.94 bits per heavy atom. The molecule has 2 aromatic heterocycles. The fourth-order valence-corrected chi connectivity index (χ4v) is 8.37. The van der Waals surface area contributed by atoms with Gasteiger partial charge in [-0.05, 0) is 48.1 Å². The second kappa shape index (κ2) is 10.8. The lowest BCUT2D eigenvalue weighted by Gasteiger charge is -2.31. The van der Waals surface area contributed by atoms with Crippen LogP contribution in [0, 0.1) is 17.8 Å². The first-order valence-electron chi connectivity index (χ1n) is 16.9. The van der Waals surface area contributed by atoms with E-state index in [0.717, 1.165) is 28.2 Å². The van der Waals surface area contributed by atoms with Gasteiger partial charge in [0.05, 0.1) is 28.3 Å². The van der Waals surface area contributed by atoms with Crippen LogP contribution < -0.4 is 15.5 Å². The van der Waals surface area contributed by atoms with Crippen LogP contribution in [0.15, 0.2) is 175 Å². The van der Waals surface area contributed by atoms with E-state index in [0.29, 0.717) is 11.8 Å². The molecule has 4 atom stereocenters. The first-order chi connectivity index (χ1) is 23.8. The molecule has 0 spiro atoms. The molecule has 0 amide bonds. The predicted molar refractivity (Wildman–Crippen MR) is 198 cm³/mol. The molecular weight excluding hydrogens is 583 g/mol. The van der Waals surface area contributed by atoms with Crippen LogP contribution in [0.25, 0.3) is 51.3 Å². The van der Waals surface area contributed by atoms with Crippen LogP contribution in [0.5, 0.6) is 0 Å². The number of fused-ring (bicyclic) bond motifs is 7. The van der Waals surface area contributed by atoms with E-state index in [9.17, 15) is 0 Å². The summed E-state index contributed by atoms with van der Waals surface area (Å²) in [7, 11) is 0. The third-order valence-electron chi connectivity index (χ3n) is 10.5. The predicted octanol–water partition coefficient (Wildman–Crippen LogP) is 8.62. The molecule has 0 saturated heterocycles. The van der Waals surface area contributed by atoms with Gasteiger partial charge < -0.3 is 9.47 Å². The maximum Gasteiger partial charge on any atom is 0.0730 e. The number of rotatable bonds is 4. The molecule has 48 heavy (non-hydrogen) atoms. The largest absolute Gasteiger partial charge is 0.333 e. The average Bonchev–Trinajstić information content (AvgIpc) is 3.67. The molecule has 10 rings (SSSR count). The summed E-state index contributed by atoms with van der Waals surface area (Å²) in [5, 5.41) is 3.89. The summed E-state index contributed by atoms with van der Waals surface area (Å²) in [5.41, 5.74) is 10.6. The Balaban J connectivity index is 1.25. The molecule has 0 radical (unpaired) electrons. The highest BCUT2D eigenvalue weighted by atomic mass is 15.2. The van der Waals surface area contributed by atoms with Crippen LogP contribution >= 0.6 is 0 Å². The zero-order valence-electron chi connectivity index (χ0n) is 26.4. The van der Waals surface area contributed by atoms with E-state index in [1.807, 2.05) is 0 Å². The van der Waals surface area contributed by atoms with Crippen molar-refractivity contribution in [3.63, 3.8) is 0 Å². The fraction of sp³-hybridized carbons (Fsp3) is 0.0889. The van der Waals surface area contributed by atoms with E-state index in [-0.39, 0.29) is 12.0 Å². The molecule has 3 heteroatoms. The SMILES string of the molecule is C1=CC2C=CC3=C(C2C=C1)C1C=c2c(n(-c4ccccc4)c4ccccc24)=CC1N3c1cc(-c2ccccc2)nc(-c2ccccc2)c1. The summed E-state index contributed by atoms with van der Waals surface area (Å²) in [6, 6.07) is 45.5. The first-order valence-corrected chi connectivity index (χ1v) is 16.9. The van der Waals surface area contributed by atoms with Gasteiger partial charge in [0.25, 0.3) is 0 Å². The number of hydrogen-bond acceptors (Lipinski definition) is 2. The van der Waals surface area contributed by atoms with E-state index in [4.69, 9.17) is 4.98 Å². The minimum atomic E-state index is 0.103. The molecule has 4 unspecified atom stereocenters. The van der Waals surface area contributed by atoms with Crippen LogP contribution in [0.4, 0.5) is 5.69 Å². The molecular formula is C45H33N3. The minimum absolute atomic E-state index is 0.103. The number of benzene rings is 4. The molecule has 1 aliphatic heterocycles. The van der Waals surface area contributed by atoms with Gasteiger partial charge in [0.1, 0.15) is 0 Å². The molecule has 0 bridgehead atoms. The fourth-order valence-electron chi connectivity index (χ4n) is 8.37. The van der Waals surface area contributed by atoms with Gasteiger partial charge in [-0.3, -0.25) is 0 Å². The lowest BCUT2D eigenvalue weighted by atomic mass is 9.73. The molecule has 6 aromatic rings. The van der Waals surface area contributed by atoms with Gasteiger partial charge in [-0.1, -0.05) is 134 Å². The maximum atomic E-state index is 5.23. The third-order valence-corrected chi connectivity index (χ3v) is 10.5. The van der Waals surface area contributed by atoms with Crippen molar-refractivity contribution in [1.29, 1.82) is 0 Å². The van der Waals surface area contributed by atoms with Crippen molar-refractivity contribution in [2.24, 2.45) is 17.8 Å². The monoisotopic (exact) mass is 615 g/mol. The van der Waals surface area contributed by atoms with Crippen molar-refractivity contribution in [3.05, 3.63) is 186 Å². The summed E-state index contributed by atoms with van der Waals surface area (Å²) >= 11 is 0. The van der Waals surface area contributed by atoms with Gasteiger partial charge in [-0.2, -0.15) is 0 Å². The van der Waals surface area contributed by atoms with Crippen LogP contribution in [-0.4, -0.2) is 15.6 Å². The second-order valence-corrected chi connectivity index (χ2v) is 13.1. The van der Waals surface area contributed by atoms with Gasteiger partial charge in [-0.15, -0.1) is 0 Å². The summed E-state index contributed by atoms with van der Waals surface area (Å²) in [6.07, 6.45) is 19.1. The van der Waals surface area contributed by atoms with Crippen LogP contribution in [0.1, 0.15) is 0 Å². The van der Waals surface area contributed by atoms with Crippen molar-refractivity contribution in [2.45, 2.75) is 6.04 Å². The number of aromatic nitrogens is 2. The Hall–Kier alpha value is -5.93. The molecule has 3 aliphatic carbocycles. The van der Waals surface area contributed by atoms with Gasteiger partial charge in [-0.25, -0.2) is 4.98 Å². The van der Waals surface area contributed by atoms with Crippen molar-refractivity contribution >= 4 is 28.7 Å². The Morgan fingerprint density at radius 2 is 1.21 bits per heavy atom. The maximum absolute atomic E-state index is 5.23. The van der Waals surface area contributed by atoms with E-state index >= 15 is 0 Å². The molecule has 3 heterocycles. The van der Waals surface area contributed by atoms with Gasteiger partial charge in [0.2, 0.25) is 0 Å². The quantitative estimate of drug-likeness (QED) is 0.198. The van der Waals surface area contributed by atoms with Crippen molar-refractivity contribution in [3.8, 4) is 28.2 Å². The lowest BCUT2D eigenvalue weighted by Crippen LogP contribution is -2.42. The van der Waals surface area contributed by atoms with Gasteiger partial charge >= 0.3 is 0 Å². The normalized spacial score (nSPS) is 21.7. The van der Waals surface area contributed by atoms with Crippen LogP contribution in [0.2, 0.25) is 0 Å². The first kappa shape index (κ1) is 27.2. The Kier molecular flexibility index (Phi) is 6.13. The number of nitrogens with zero attached hydrogens (tertiary/aromatic N) is 3. The number of allylic oxidation sites excluding steroid dienone is 6. The van der Waals surface area contributed by atoms with Crippen LogP contribution in [0.3, 0.4) is 0 Å². The Labute approximate surface area is 280 Å². The second-order valence-electron chi connectivity index (χ2n) is 13.1. The van der Waals surface area contributed by atoms with E-state index in [1.165, 1.54) is 38.4 Å². The Morgan fingerprint density at radius 1 is 0.562 bits per heavy atom. The highest BCUT2D eigenvalue weighted by Crippen LogP contribution is 2.50. The van der Waals surface area contributed by atoms with E-state index in [1.54, 1.807) is 0 Å². The molecule has 3 nitrogen and oxygen atoms in total. The van der Waals surface area contributed by atoms with E-state index in [2.05, 4.69) is 185 Å². The summed E-state index contributed by atoms with van der Waals surface area (Å²) < 4.78 is 2.45. The number of hydrogen-bond donors (Lipinski definition) is 0. The lowest BCUT2D eigenvalue weighted by molar-refractivity contribution is 0.571. The molecule has 0 N–H and O–H groups in total. The van der Waals surface area contributed by atoms with Crippen molar-refractivity contribution in [1.82, 2.24) is 9.55 Å². The molecule has 0 saturated carbocycles. The van der Waals surface area contributed by atoms with E-state index < -0.39 is 0 Å².